The molecule has 11 nitrogen and oxygen atoms in total. The summed E-state index contributed by atoms with van der Waals surface area (Å²) in [6.07, 6.45) is 2.07. The molecule has 0 atom stereocenters. The van der Waals surface area contributed by atoms with Crippen molar-refractivity contribution in [3.8, 4) is 17.2 Å². The molecular formula is C33H34BrN7O4. The zero-order valence-electron chi connectivity index (χ0n) is 25.4. The maximum absolute atomic E-state index is 13.8. The van der Waals surface area contributed by atoms with Crippen molar-refractivity contribution < 1.29 is 19.0 Å². The molecule has 1 aromatic heterocycles. The number of aromatic nitrogens is 2. The van der Waals surface area contributed by atoms with Gasteiger partial charge in [0.15, 0.2) is 11.5 Å². The molecule has 1 fully saturated rings. The third-order valence-corrected chi connectivity index (χ3v) is 8.50. The first-order valence-electron chi connectivity index (χ1n) is 14.5. The van der Waals surface area contributed by atoms with Crippen LogP contribution in [0.3, 0.4) is 0 Å². The van der Waals surface area contributed by atoms with E-state index in [9.17, 15) is 4.79 Å². The monoisotopic (exact) mass is 671 g/mol. The maximum Gasteiger partial charge on any atom is 0.278 e. The van der Waals surface area contributed by atoms with Crippen LogP contribution in [0.25, 0.3) is 0 Å². The molecule has 0 aliphatic carbocycles. The molecular weight excluding hydrogens is 638 g/mol. The van der Waals surface area contributed by atoms with Gasteiger partial charge in [0.1, 0.15) is 11.5 Å². The smallest absolute Gasteiger partial charge is 0.278 e. The molecule has 1 amide bonds. The highest BCUT2D eigenvalue weighted by atomic mass is 79.9. The van der Waals surface area contributed by atoms with Crippen molar-refractivity contribution in [2.75, 3.05) is 69.7 Å². The number of fused-ring (bicyclic) bond motifs is 1. The molecule has 4 aromatic rings. The Hall–Kier alpha value is -4.68. The number of aliphatic imine (C=N–C) groups is 1. The molecule has 0 bridgehead atoms. The fourth-order valence-electron chi connectivity index (χ4n) is 5.68. The van der Waals surface area contributed by atoms with Crippen molar-refractivity contribution in [3.05, 3.63) is 88.0 Å². The number of hydrogen-bond acceptors (Lipinski definition) is 10. The number of nitrogens with two attached hydrogens (primary N) is 1. The van der Waals surface area contributed by atoms with Crippen molar-refractivity contribution in [2.45, 2.75) is 6.42 Å². The molecule has 2 aliphatic rings. The second-order valence-corrected chi connectivity index (χ2v) is 11.6. The molecule has 0 saturated carbocycles. The zero-order chi connectivity index (χ0) is 31.5. The number of para-hydroxylation sites is 1. The van der Waals surface area contributed by atoms with E-state index in [-0.39, 0.29) is 23.4 Å². The average Bonchev–Trinajstić information content (AvgIpc) is 3.31. The molecule has 1 saturated heterocycles. The summed E-state index contributed by atoms with van der Waals surface area (Å²) in [5.74, 6) is 1.79. The molecule has 3 aromatic carbocycles. The summed E-state index contributed by atoms with van der Waals surface area (Å²) in [6.45, 7) is 3.91. The van der Waals surface area contributed by atoms with Crippen molar-refractivity contribution in [1.29, 1.82) is 0 Å². The Balaban J connectivity index is 1.21. The van der Waals surface area contributed by atoms with Gasteiger partial charge in [0.25, 0.3) is 11.9 Å². The highest BCUT2D eigenvalue weighted by Crippen LogP contribution is 2.39. The van der Waals surface area contributed by atoms with Crippen molar-refractivity contribution in [2.24, 2.45) is 4.99 Å². The Kier molecular flexibility index (Phi) is 8.85. The zero-order valence-corrected chi connectivity index (χ0v) is 27.0. The van der Waals surface area contributed by atoms with Crippen LogP contribution in [0, 0.1) is 0 Å². The predicted molar refractivity (Wildman–Crippen MR) is 178 cm³/mol. The summed E-state index contributed by atoms with van der Waals surface area (Å²) in [4.78, 5) is 33.8. The third-order valence-electron chi connectivity index (χ3n) is 8.00. The lowest BCUT2D eigenvalue weighted by Crippen LogP contribution is -2.51. The van der Waals surface area contributed by atoms with E-state index in [0.717, 1.165) is 47.5 Å². The number of rotatable bonds is 9. The van der Waals surface area contributed by atoms with Crippen LogP contribution in [0.2, 0.25) is 0 Å². The van der Waals surface area contributed by atoms with E-state index in [1.807, 2.05) is 36.4 Å². The van der Waals surface area contributed by atoms with Crippen molar-refractivity contribution >= 4 is 50.7 Å². The largest absolute Gasteiger partial charge is 0.493 e. The van der Waals surface area contributed by atoms with Gasteiger partial charge in [0, 0.05) is 60.1 Å². The maximum atomic E-state index is 13.8. The number of ether oxygens (including phenoxy) is 3. The second-order valence-electron chi connectivity index (χ2n) is 10.7. The fourth-order valence-corrected chi connectivity index (χ4v) is 6.04. The number of carbonyl (C=O) groups excluding carboxylic acids is 1. The van der Waals surface area contributed by atoms with Crippen molar-refractivity contribution in [3.63, 3.8) is 0 Å². The van der Waals surface area contributed by atoms with Crippen LogP contribution in [0.5, 0.6) is 17.2 Å². The van der Waals surface area contributed by atoms with Gasteiger partial charge in [-0.2, -0.15) is 4.98 Å². The Morgan fingerprint density at radius 3 is 2.29 bits per heavy atom. The molecule has 3 heterocycles. The van der Waals surface area contributed by atoms with Crippen LogP contribution in [-0.2, 0) is 11.2 Å². The SMILES string of the molecule is COc1cc(Cc2cnc(/N=C3\C(=O)N(CN4CCN(c5ccccc5)CC4)c4ccc(Br)cc43)nc2N)cc(OC)c1OC. The minimum Gasteiger partial charge on any atom is -0.493 e. The quantitative estimate of drug-likeness (QED) is 0.270. The van der Waals surface area contributed by atoms with Gasteiger partial charge >= 0.3 is 0 Å². The number of nitrogen functional groups attached to an aromatic ring is 1. The van der Waals surface area contributed by atoms with Gasteiger partial charge in [-0.15, -0.1) is 0 Å². The molecule has 6 rings (SSSR count). The first-order chi connectivity index (χ1) is 21.9. The van der Waals surface area contributed by atoms with Gasteiger partial charge < -0.3 is 24.8 Å². The summed E-state index contributed by atoms with van der Waals surface area (Å²) in [7, 11) is 4.70. The van der Waals surface area contributed by atoms with E-state index in [1.54, 1.807) is 32.4 Å². The number of benzene rings is 3. The van der Waals surface area contributed by atoms with E-state index >= 15 is 0 Å². The molecule has 232 valence electrons. The Bertz CT molecular complexity index is 1720. The number of anilines is 3. The Morgan fingerprint density at radius 2 is 1.64 bits per heavy atom. The molecule has 0 spiro atoms. The van der Waals surface area contributed by atoms with E-state index in [1.165, 1.54) is 5.69 Å². The predicted octanol–water partition coefficient (Wildman–Crippen LogP) is 4.69. The molecule has 2 aliphatic heterocycles. The van der Waals surface area contributed by atoms with Crippen LogP contribution in [0.1, 0.15) is 16.7 Å². The number of hydrogen-bond donors (Lipinski definition) is 1. The first kappa shape index (κ1) is 30.4. The number of carbonyl (C=O) groups is 1. The summed E-state index contributed by atoms with van der Waals surface area (Å²) >= 11 is 3.55. The van der Waals surface area contributed by atoms with Gasteiger partial charge in [-0.3, -0.25) is 14.6 Å². The van der Waals surface area contributed by atoms with E-state index < -0.39 is 0 Å². The van der Waals surface area contributed by atoms with Gasteiger partial charge in [-0.25, -0.2) is 9.98 Å². The number of amides is 1. The summed E-state index contributed by atoms with van der Waals surface area (Å²) in [5, 5.41) is 0. The number of nitrogens with zero attached hydrogens (tertiary/aromatic N) is 6. The van der Waals surface area contributed by atoms with E-state index in [0.29, 0.717) is 35.9 Å². The van der Waals surface area contributed by atoms with Crippen molar-refractivity contribution in [1.82, 2.24) is 14.9 Å². The molecule has 0 unspecified atom stereocenters. The average molecular weight is 673 g/mol. The summed E-state index contributed by atoms with van der Waals surface area (Å²) in [6, 6.07) is 19.9. The third kappa shape index (κ3) is 6.29. The Morgan fingerprint density at radius 1 is 0.933 bits per heavy atom. The molecule has 45 heavy (non-hydrogen) atoms. The van der Waals surface area contributed by atoms with Gasteiger partial charge in [0.05, 0.1) is 33.7 Å². The first-order valence-corrected chi connectivity index (χ1v) is 15.3. The number of methoxy groups -OCH3 is 3. The van der Waals surface area contributed by atoms with Crippen LogP contribution < -0.4 is 29.7 Å². The Labute approximate surface area is 270 Å². The van der Waals surface area contributed by atoms with Crippen LogP contribution >= 0.6 is 15.9 Å². The molecule has 2 N–H and O–H groups in total. The lowest BCUT2D eigenvalue weighted by molar-refractivity contribution is -0.112. The van der Waals surface area contributed by atoms with Gasteiger partial charge in [0.2, 0.25) is 5.75 Å². The minimum atomic E-state index is -0.197. The van der Waals surface area contributed by atoms with Gasteiger partial charge in [-0.1, -0.05) is 34.1 Å². The fraction of sp³-hybridized carbons (Fsp3) is 0.273. The number of piperazine rings is 1. The van der Waals surface area contributed by atoms with E-state index in [2.05, 4.69) is 65.0 Å². The molecule has 12 heteroatoms. The second kappa shape index (κ2) is 13.1. The highest BCUT2D eigenvalue weighted by Gasteiger charge is 2.36. The van der Waals surface area contributed by atoms with Gasteiger partial charge in [-0.05, 0) is 48.0 Å². The van der Waals surface area contributed by atoms with Crippen LogP contribution in [0.4, 0.5) is 23.1 Å². The minimum absolute atomic E-state index is 0.119. The summed E-state index contributed by atoms with van der Waals surface area (Å²) < 4.78 is 17.2. The van der Waals surface area contributed by atoms with Crippen LogP contribution in [-0.4, -0.2) is 80.7 Å². The van der Waals surface area contributed by atoms with Crippen LogP contribution in [0.15, 0.2) is 76.3 Å². The summed E-state index contributed by atoms with van der Waals surface area (Å²) in [5.41, 5.74) is 11.0. The lowest BCUT2D eigenvalue weighted by Gasteiger charge is -2.37. The lowest BCUT2D eigenvalue weighted by atomic mass is 10.1. The van der Waals surface area contributed by atoms with E-state index in [4.69, 9.17) is 19.9 Å². The topological polar surface area (TPSA) is 119 Å². The molecule has 0 radical (unpaired) electrons. The standard InChI is InChI=1S/C33H34BrN7O4/c1-43-27-16-21(17-28(44-2)30(27)45-3)15-22-19-36-33(38-31(22)35)37-29-25-18-23(34)9-10-26(25)41(32(29)42)20-39-11-13-40(14-12-39)24-7-5-4-6-8-24/h4-10,16-19H,11-15,20H2,1-3H3,(H2,35,36,38)/b37-29-. The number of halogens is 1. The highest BCUT2D eigenvalue weighted by molar-refractivity contribution is 9.10. The normalized spacial score (nSPS) is 15.8.